The van der Waals surface area contributed by atoms with Gasteiger partial charge in [-0.1, -0.05) is 30.3 Å². The zero-order valence-corrected chi connectivity index (χ0v) is 16.0. The first-order chi connectivity index (χ1) is 13.1. The molecule has 3 rings (SSSR count). The number of anilines is 1. The molecule has 1 unspecified atom stereocenters. The molecule has 6 heteroatoms. The van der Waals surface area contributed by atoms with Gasteiger partial charge in [-0.15, -0.1) is 0 Å². The molecule has 1 saturated heterocycles. The highest BCUT2D eigenvalue weighted by Gasteiger charge is 2.16. The maximum absolute atomic E-state index is 6.02. The predicted molar refractivity (Wildman–Crippen MR) is 109 cm³/mol. The van der Waals surface area contributed by atoms with Crippen molar-refractivity contribution < 1.29 is 9.47 Å². The van der Waals surface area contributed by atoms with E-state index in [0.29, 0.717) is 18.6 Å². The van der Waals surface area contributed by atoms with Gasteiger partial charge in [-0.05, 0) is 30.2 Å². The van der Waals surface area contributed by atoms with Crippen LogP contribution in [0.3, 0.4) is 0 Å². The van der Waals surface area contributed by atoms with Gasteiger partial charge in [-0.2, -0.15) is 0 Å². The van der Waals surface area contributed by atoms with Crippen molar-refractivity contribution in [3.05, 3.63) is 59.7 Å². The number of nitrogens with two attached hydrogens (primary N) is 1. The van der Waals surface area contributed by atoms with Crippen molar-refractivity contribution in [2.24, 2.45) is 10.7 Å². The molecule has 1 aliphatic heterocycles. The van der Waals surface area contributed by atoms with E-state index in [4.69, 9.17) is 15.2 Å². The second-order valence-electron chi connectivity index (χ2n) is 6.79. The number of rotatable bonds is 6. The van der Waals surface area contributed by atoms with Gasteiger partial charge < -0.3 is 20.5 Å². The van der Waals surface area contributed by atoms with Crippen LogP contribution in [-0.4, -0.2) is 43.8 Å². The first-order valence-corrected chi connectivity index (χ1v) is 9.25. The van der Waals surface area contributed by atoms with E-state index < -0.39 is 0 Å². The molecule has 27 heavy (non-hydrogen) atoms. The van der Waals surface area contributed by atoms with Crippen molar-refractivity contribution in [2.75, 3.05) is 32.1 Å². The number of guanidine groups is 1. The van der Waals surface area contributed by atoms with Crippen molar-refractivity contribution in [2.45, 2.75) is 26.1 Å². The van der Waals surface area contributed by atoms with Crippen molar-refractivity contribution in [3.63, 3.8) is 0 Å². The van der Waals surface area contributed by atoms with Crippen molar-refractivity contribution >= 4 is 11.6 Å². The second kappa shape index (κ2) is 9.39. The van der Waals surface area contributed by atoms with E-state index in [9.17, 15) is 0 Å². The van der Waals surface area contributed by atoms with Crippen LogP contribution in [0.5, 0.6) is 5.75 Å². The highest BCUT2D eigenvalue weighted by Crippen LogP contribution is 2.16. The summed E-state index contributed by atoms with van der Waals surface area (Å²) in [5, 5.41) is 3.10. The van der Waals surface area contributed by atoms with Gasteiger partial charge in [0.1, 0.15) is 5.75 Å². The van der Waals surface area contributed by atoms with Crippen LogP contribution in [0.15, 0.2) is 53.5 Å². The number of morpholine rings is 1. The summed E-state index contributed by atoms with van der Waals surface area (Å²) in [4.78, 5) is 6.88. The summed E-state index contributed by atoms with van der Waals surface area (Å²) in [5.74, 6) is 1.16. The number of nitrogens with zero attached hydrogens (tertiary/aromatic N) is 2. The van der Waals surface area contributed by atoms with E-state index in [0.717, 1.165) is 43.2 Å². The molecule has 144 valence electrons. The summed E-state index contributed by atoms with van der Waals surface area (Å²) < 4.78 is 10.8. The van der Waals surface area contributed by atoms with Crippen LogP contribution in [-0.2, 0) is 17.8 Å². The van der Waals surface area contributed by atoms with Gasteiger partial charge in [0.25, 0.3) is 0 Å². The number of nitrogens with one attached hydrogen (secondary N) is 1. The summed E-state index contributed by atoms with van der Waals surface area (Å²) in [5.41, 5.74) is 9.31. The average molecular weight is 368 g/mol. The third kappa shape index (κ3) is 5.98. The summed E-state index contributed by atoms with van der Waals surface area (Å²) >= 11 is 0. The molecule has 1 atom stereocenters. The fourth-order valence-corrected chi connectivity index (χ4v) is 3.18. The lowest BCUT2D eigenvalue weighted by atomic mass is 10.1. The highest BCUT2D eigenvalue weighted by atomic mass is 16.5. The first-order valence-electron chi connectivity index (χ1n) is 9.25. The summed E-state index contributed by atoms with van der Waals surface area (Å²) in [6, 6.07) is 16.1. The minimum atomic E-state index is 0.300. The van der Waals surface area contributed by atoms with Gasteiger partial charge >= 0.3 is 0 Å². The number of methoxy groups -OCH3 is 1. The predicted octanol–water partition coefficient (Wildman–Crippen LogP) is 2.84. The number of hydrogen-bond donors (Lipinski definition) is 2. The van der Waals surface area contributed by atoms with Gasteiger partial charge in [0.05, 0.1) is 26.4 Å². The minimum Gasteiger partial charge on any atom is -0.497 e. The molecule has 1 heterocycles. The van der Waals surface area contributed by atoms with Crippen molar-refractivity contribution in [1.29, 1.82) is 0 Å². The smallest absolute Gasteiger partial charge is 0.193 e. The highest BCUT2D eigenvalue weighted by molar-refractivity contribution is 5.92. The molecule has 2 aromatic carbocycles. The Bertz CT molecular complexity index is 778. The quantitative estimate of drug-likeness (QED) is 0.606. The topological polar surface area (TPSA) is 72.1 Å². The van der Waals surface area contributed by atoms with E-state index in [-0.39, 0.29) is 0 Å². The summed E-state index contributed by atoms with van der Waals surface area (Å²) in [6.07, 6.45) is 0.300. The van der Waals surface area contributed by atoms with Gasteiger partial charge in [0, 0.05) is 31.4 Å². The zero-order valence-electron chi connectivity index (χ0n) is 16.0. The largest absolute Gasteiger partial charge is 0.497 e. The molecule has 3 N–H and O–H groups in total. The lowest BCUT2D eigenvalue weighted by Crippen LogP contribution is -2.40. The molecule has 6 nitrogen and oxygen atoms in total. The molecule has 0 radical (unpaired) electrons. The Balaban J connectivity index is 1.57. The summed E-state index contributed by atoms with van der Waals surface area (Å²) in [7, 11) is 1.64. The van der Waals surface area contributed by atoms with Crippen molar-refractivity contribution in [1.82, 2.24) is 4.90 Å². The van der Waals surface area contributed by atoms with Gasteiger partial charge in [-0.25, -0.2) is 4.99 Å². The SMILES string of the molecule is COc1cccc(NC(N)=NCc2cccc(CN3CCOC(C)C3)c2)c1. The molecule has 0 saturated carbocycles. The second-order valence-corrected chi connectivity index (χ2v) is 6.79. The van der Waals surface area contributed by atoms with E-state index in [2.05, 4.69) is 46.4 Å². The Hall–Kier alpha value is -2.57. The van der Waals surface area contributed by atoms with Crippen LogP contribution in [0.1, 0.15) is 18.1 Å². The summed E-state index contributed by atoms with van der Waals surface area (Å²) in [6.45, 7) is 6.34. The Kier molecular flexibility index (Phi) is 6.68. The van der Waals surface area contributed by atoms with Crippen LogP contribution in [0.25, 0.3) is 0 Å². The van der Waals surface area contributed by atoms with E-state index in [1.54, 1.807) is 7.11 Å². The molecule has 0 spiro atoms. The lowest BCUT2D eigenvalue weighted by Gasteiger charge is -2.31. The third-order valence-electron chi connectivity index (χ3n) is 4.50. The Morgan fingerprint density at radius 2 is 2.07 bits per heavy atom. The van der Waals surface area contributed by atoms with Crippen LogP contribution in [0.2, 0.25) is 0 Å². The molecule has 0 amide bonds. The number of ether oxygens (including phenoxy) is 2. The lowest BCUT2D eigenvalue weighted by molar-refractivity contribution is -0.0212. The normalized spacial score (nSPS) is 18.3. The van der Waals surface area contributed by atoms with E-state index in [1.807, 2.05) is 24.3 Å². The fraction of sp³-hybridized carbons (Fsp3) is 0.381. The average Bonchev–Trinajstić information content (AvgIpc) is 2.67. The Morgan fingerprint density at radius 3 is 2.89 bits per heavy atom. The molecule has 1 fully saturated rings. The molecule has 1 aliphatic rings. The maximum atomic E-state index is 6.02. The molecular formula is C21H28N4O2. The molecule has 2 aromatic rings. The molecule has 0 aliphatic carbocycles. The Labute approximate surface area is 161 Å². The first kappa shape index (κ1) is 19.2. The third-order valence-corrected chi connectivity index (χ3v) is 4.50. The molecular weight excluding hydrogens is 340 g/mol. The van der Waals surface area contributed by atoms with Gasteiger partial charge in [0.15, 0.2) is 5.96 Å². The van der Waals surface area contributed by atoms with Crippen LogP contribution >= 0.6 is 0 Å². The van der Waals surface area contributed by atoms with E-state index in [1.165, 1.54) is 5.56 Å². The maximum Gasteiger partial charge on any atom is 0.193 e. The van der Waals surface area contributed by atoms with E-state index >= 15 is 0 Å². The van der Waals surface area contributed by atoms with Crippen LogP contribution < -0.4 is 15.8 Å². The van der Waals surface area contributed by atoms with Crippen LogP contribution in [0, 0.1) is 0 Å². The number of benzene rings is 2. The number of aliphatic imine (C=N–C) groups is 1. The minimum absolute atomic E-state index is 0.300. The molecule has 0 bridgehead atoms. The number of hydrogen-bond acceptors (Lipinski definition) is 4. The fourth-order valence-electron chi connectivity index (χ4n) is 3.18. The molecule has 0 aromatic heterocycles. The van der Waals surface area contributed by atoms with Gasteiger partial charge in [0.2, 0.25) is 0 Å². The monoisotopic (exact) mass is 368 g/mol. The van der Waals surface area contributed by atoms with Crippen molar-refractivity contribution in [3.8, 4) is 5.75 Å². The zero-order chi connectivity index (χ0) is 19.1. The van der Waals surface area contributed by atoms with Crippen LogP contribution in [0.4, 0.5) is 5.69 Å². The van der Waals surface area contributed by atoms with Gasteiger partial charge in [-0.3, -0.25) is 4.90 Å². The standard InChI is InChI=1S/C21H28N4O2/c1-16-14-25(9-10-27-16)15-18-6-3-5-17(11-18)13-23-21(22)24-19-7-4-8-20(12-19)26-2/h3-8,11-12,16H,9-10,13-15H2,1-2H3,(H3,22,23,24). The Morgan fingerprint density at radius 1 is 1.26 bits per heavy atom.